The lowest BCUT2D eigenvalue weighted by molar-refractivity contribution is -0.153. The van der Waals surface area contributed by atoms with E-state index in [-0.39, 0.29) is 6.42 Å². The number of amides is 1. The second-order valence-electron chi connectivity index (χ2n) is 8.52. The fraction of sp³-hybridized carbons (Fsp3) is 0.591. The number of aryl methyl sites for hydroxylation is 1. The number of ketones is 1. The molecule has 8 heteroatoms. The van der Waals surface area contributed by atoms with Crippen LogP contribution in [0.15, 0.2) is 24.3 Å². The van der Waals surface area contributed by atoms with Crippen molar-refractivity contribution < 1.29 is 27.6 Å². The molecule has 1 amide bonds. The Morgan fingerprint density at radius 2 is 1.87 bits per heavy atom. The van der Waals surface area contributed by atoms with Crippen molar-refractivity contribution >= 4 is 29.4 Å². The van der Waals surface area contributed by atoms with Gasteiger partial charge in [-0.25, -0.2) is 0 Å². The quantitative estimate of drug-likeness (QED) is 0.462. The lowest BCUT2D eigenvalue weighted by Crippen LogP contribution is -2.55. The zero-order valence-corrected chi connectivity index (χ0v) is 18.4. The Kier molecular flexibility index (Phi) is 7.43. The maximum Gasteiger partial charge on any atom is 0.416 e. The first-order valence-electron chi connectivity index (χ1n) is 10.1. The molecule has 0 radical (unpaired) electrons. The van der Waals surface area contributed by atoms with Gasteiger partial charge in [0.15, 0.2) is 0 Å². The summed E-state index contributed by atoms with van der Waals surface area (Å²) in [6.45, 7) is 5.50. The predicted molar refractivity (Wildman–Crippen MR) is 111 cm³/mol. The van der Waals surface area contributed by atoms with Crippen molar-refractivity contribution in [1.29, 1.82) is 0 Å². The van der Waals surface area contributed by atoms with Gasteiger partial charge in [-0.15, -0.1) is 12.6 Å². The van der Waals surface area contributed by atoms with E-state index >= 15 is 0 Å². The molecule has 1 heterocycles. The number of carbonyl (C=O) groups excluding carboxylic acids is 3. The molecule has 1 aliphatic heterocycles. The van der Waals surface area contributed by atoms with Crippen molar-refractivity contribution in [3.05, 3.63) is 35.4 Å². The molecule has 2 rings (SSSR count). The van der Waals surface area contributed by atoms with Crippen molar-refractivity contribution in [3.8, 4) is 0 Å². The van der Waals surface area contributed by atoms with Crippen LogP contribution in [0.5, 0.6) is 0 Å². The van der Waals surface area contributed by atoms with Crippen LogP contribution < -0.4 is 0 Å². The molecular formula is C22H28F3NO3S. The summed E-state index contributed by atoms with van der Waals surface area (Å²) in [5.74, 6) is -1.22. The minimum absolute atomic E-state index is 0.247. The Balaban J connectivity index is 2.17. The fourth-order valence-electron chi connectivity index (χ4n) is 3.82. The fourth-order valence-corrected chi connectivity index (χ4v) is 4.17. The van der Waals surface area contributed by atoms with E-state index in [0.717, 1.165) is 12.1 Å². The Hall–Kier alpha value is -1.83. The van der Waals surface area contributed by atoms with Crippen LogP contribution in [0.1, 0.15) is 64.0 Å². The highest BCUT2D eigenvalue weighted by atomic mass is 32.1. The third kappa shape index (κ3) is 5.07. The molecule has 0 bridgehead atoms. The van der Waals surface area contributed by atoms with Gasteiger partial charge in [-0.2, -0.15) is 13.2 Å². The molecule has 0 aromatic heterocycles. The molecule has 1 fully saturated rings. The van der Waals surface area contributed by atoms with Crippen LogP contribution in [0.4, 0.5) is 13.2 Å². The second-order valence-corrected chi connectivity index (χ2v) is 8.92. The molecule has 1 saturated heterocycles. The molecule has 1 aromatic carbocycles. The lowest BCUT2D eigenvalue weighted by Gasteiger charge is -2.37. The van der Waals surface area contributed by atoms with E-state index in [0.29, 0.717) is 44.2 Å². The van der Waals surface area contributed by atoms with E-state index < -0.39 is 39.5 Å². The van der Waals surface area contributed by atoms with Crippen LogP contribution >= 0.6 is 12.6 Å². The van der Waals surface area contributed by atoms with Gasteiger partial charge in [0.1, 0.15) is 5.54 Å². The second kappa shape index (κ2) is 9.12. The topological polar surface area (TPSA) is 54.5 Å². The summed E-state index contributed by atoms with van der Waals surface area (Å²) in [7, 11) is 0. The van der Waals surface area contributed by atoms with E-state index in [9.17, 15) is 27.6 Å². The van der Waals surface area contributed by atoms with Gasteiger partial charge in [-0.05, 0) is 50.2 Å². The van der Waals surface area contributed by atoms with E-state index in [2.05, 4.69) is 12.6 Å². The lowest BCUT2D eigenvalue weighted by atomic mass is 9.83. The number of Topliss-reactive ketones (excluding diaryl/α,β-unsaturated/α-hetero) is 1. The van der Waals surface area contributed by atoms with Crippen molar-refractivity contribution in [2.24, 2.45) is 5.41 Å². The predicted octanol–water partition coefficient (Wildman–Crippen LogP) is 4.85. The number of nitrogens with zero attached hydrogens (tertiary/aromatic N) is 1. The smallest absolute Gasteiger partial charge is 0.322 e. The Labute approximate surface area is 180 Å². The zero-order valence-electron chi connectivity index (χ0n) is 17.5. The van der Waals surface area contributed by atoms with Gasteiger partial charge < -0.3 is 4.90 Å². The SMILES string of the molecule is CCC(C)(C)C(=O)C(=O)N1CCCC1(CCCc1cccc(C(F)(F)F)c1)C(=O)S. The molecule has 0 aliphatic carbocycles. The van der Waals surface area contributed by atoms with Crippen LogP contribution in [0, 0.1) is 5.41 Å². The van der Waals surface area contributed by atoms with Gasteiger partial charge in [0.25, 0.3) is 5.91 Å². The van der Waals surface area contributed by atoms with Gasteiger partial charge in [-0.3, -0.25) is 14.4 Å². The Morgan fingerprint density at radius 3 is 2.43 bits per heavy atom. The van der Waals surface area contributed by atoms with Crippen LogP contribution in [-0.2, 0) is 27.0 Å². The van der Waals surface area contributed by atoms with Crippen LogP contribution in [0.25, 0.3) is 0 Å². The van der Waals surface area contributed by atoms with Crippen LogP contribution in [-0.4, -0.2) is 33.8 Å². The molecule has 166 valence electrons. The van der Waals surface area contributed by atoms with E-state index in [1.807, 2.05) is 6.92 Å². The summed E-state index contributed by atoms with van der Waals surface area (Å²) in [6, 6.07) is 5.07. The standard InChI is InChI=1S/C22H28F3NO3S/c1-4-20(2,3)17(27)18(28)26-13-7-12-21(26,19(29)30)11-6-9-15-8-5-10-16(14-15)22(23,24)25/h5,8,10,14H,4,6-7,9,11-13H2,1-3H3,(H,29,30). The molecule has 0 spiro atoms. The van der Waals surface area contributed by atoms with E-state index in [1.54, 1.807) is 19.9 Å². The van der Waals surface area contributed by atoms with Gasteiger partial charge in [0.2, 0.25) is 10.9 Å². The number of benzene rings is 1. The van der Waals surface area contributed by atoms with Gasteiger partial charge >= 0.3 is 6.18 Å². The Bertz CT molecular complexity index is 822. The summed E-state index contributed by atoms with van der Waals surface area (Å²) in [5, 5.41) is -0.487. The first-order valence-corrected chi connectivity index (χ1v) is 10.6. The van der Waals surface area contributed by atoms with Crippen molar-refractivity contribution in [3.63, 3.8) is 0 Å². The molecule has 4 nitrogen and oxygen atoms in total. The highest BCUT2D eigenvalue weighted by Crippen LogP contribution is 2.38. The zero-order chi connectivity index (χ0) is 22.7. The molecular weight excluding hydrogens is 415 g/mol. The molecule has 1 aromatic rings. The molecule has 1 unspecified atom stereocenters. The number of carbonyl (C=O) groups is 3. The summed E-state index contributed by atoms with van der Waals surface area (Å²) in [5.41, 5.74) is -2.24. The van der Waals surface area contributed by atoms with Crippen molar-refractivity contribution in [2.45, 2.75) is 71.0 Å². The minimum atomic E-state index is -4.42. The Morgan fingerprint density at radius 1 is 1.20 bits per heavy atom. The summed E-state index contributed by atoms with van der Waals surface area (Å²) < 4.78 is 38.7. The number of rotatable bonds is 8. The molecule has 1 atom stereocenters. The number of thiol groups is 1. The normalized spacial score (nSPS) is 19.8. The monoisotopic (exact) mass is 443 g/mol. The maximum absolute atomic E-state index is 12.9. The maximum atomic E-state index is 12.9. The van der Waals surface area contributed by atoms with Crippen molar-refractivity contribution in [2.75, 3.05) is 6.54 Å². The highest BCUT2D eigenvalue weighted by Gasteiger charge is 2.50. The number of alkyl halides is 3. The molecule has 0 saturated carbocycles. The van der Waals surface area contributed by atoms with E-state index in [4.69, 9.17) is 0 Å². The number of likely N-dealkylation sites (tertiary alicyclic amines) is 1. The molecule has 30 heavy (non-hydrogen) atoms. The molecule has 1 aliphatic rings. The average Bonchev–Trinajstić information content (AvgIpc) is 3.11. The average molecular weight is 444 g/mol. The third-order valence-electron chi connectivity index (χ3n) is 6.13. The van der Waals surface area contributed by atoms with Crippen LogP contribution in [0.3, 0.4) is 0 Å². The summed E-state index contributed by atoms with van der Waals surface area (Å²) in [6.07, 6.45) is -2.00. The van der Waals surface area contributed by atoms with Gasteiger partial charge in [0.05, 0.1) is 5.56 Å². The van der Waals surface area contributed by atoms with Crippen LogP contribution in [0.2, 0.25) is 0 Å². The summed E-state index contributed by atoms with van der Waals surface area (Å²) in [4.78, 5) is 39.4. The van der Waals surface area contributed by atoms with Gasteiger partial charge in [-0.1, -0.05) is 39.0 Å². The van der Waals surface area contributed by atoms with Crippen molar-refractivity contribution in [1.82, 2.24) is 4.90 Å². The van der Waals surface area contributed by atoms with E-state index in [1.165, 1.54) is 11.0 Å². The minimum Gasteiger partial charge on any atom is -0.322 e. The number of hydrogen-bond donors (Lipinski definition) is 1. The highest BCUT2D eigenvalue weighted by molar-refractivity contribution is 7.96. The third-order valence-corrected chi connectivity index (χ3v) is 6.55. The first-order chi connectivity index (χ1) is 13.8. The number of halogens is 3. The van der Waals surface area contributed by atoms with Gasteiger partial charge in [0, 0.05) is 12.0 Å². The summed E-state index contributed by atoms with van der Waals surface area (Å²) >= 11 is 4.02. The first kappa shape index (κ1) is 24.4. The molecule has 0 N–H and O–H groups in total. The number of hydrogen-bond acceptors (Lipinski definition) is 3. The largest absolute Gasteiger partial charge is 0.416 e.